The van der Waals surface area contributed by atoms with E-state index in [0.717, 1.165) is 32.5 Å². The summed E-state index contributed by atoms with van der Waals surface area (Å²) in [5.74, 6) is 0. The van der Waals surface area contributed by atoms with Crippen LogP contribution >= 0.6 is 0 Å². The minimum atomic E-state index is 0.0960. The van der Waals surface area contributed by atoms with E-state index < -0.39 is 0 Å². The number of hydrogen-bond acceptors (Lipinski definition) is 3. The van der Waals surface area contributed by atoms with Crippen LogP contribution in [0.1, 0.15) is 52.4 Å². The lowest BCUT2D eigenvalue weighted by molar-refractivity contribution is 0.112. The Kier molecular flexibility index (Phi) is 7.87. The van der Waals surface area contributed by atoms with Crippen LogP contribution in [0.15, 0.2) is 0 Å². The average Bonchev–Trinajstić information content (AvgIpc) is 2.68. The second kappa shape index (κ2) is 8.89. The van der Waals surface area contributed by atoms with Gasteiger partial charge in [0, 0.05) is 31.7 Å². The highest BCUT2D eigenvalue weighted by Crippen LogP contribution is 2.24. The Bertz CT molecular complexity index is 188. The van der Waals surface area contributed by atoms with Crippen molar-refractivity contribution in [2.45, 2.75) is 52.4 Å². The Morgan fingerprint density at radius 3 is 2.17 bits per heavy atom. The van der Waals surface area contributed by atoms with E-state index in [1.807, 2.05) is 0 Å². The Labute approximate surface area is 113 Å². The quantitative estimate of drug-likeness (QED) is 0.654. The second-order valence-electron chi connectivity index (χ2n) is 5.80. The smallest absolute Gasteiger partial charge is 0.0499 e. The molecule has 0 amide bonds. The van der Waals surface area contributed by atoms with Gasteiger partial charge in [-0.2, -0.15) is 0 Å². The number of nitrogens with zero attached hydrogens (tertiary/aromatic N) is 1. The third-order valence-electron chi connectivity index (χ3n) is 4.64. The maximum absolute atomic E-state index is 9.51. The summed E-state index contributed by atoms with van der Waals surface area (Å²) in [5, 5.41) is 13.1. The molecule has 0 atom stereocenters. The zero-order valence-corrected chi connectivity index (χ0v) is 12.4. The van der Waals surface area contributed by atoms with Gasteiger partial charge >= 0.3 is 0 Å². The molecule has 1 aliphatic rings. The maximum atomic E-state index is 9.51. The third kappa shape index (κ3) is 5.25. The minimum Gasteiger partial charge on any atom is -0.396 e. The fraction of sp³-hybridized carbons (Fsp3) is 1.00. The Balaban J connectivity index is 2.16. The molecule has 1 saturated heterocycles. The first kappa shape index (κ1) is 15.9. The number of likely N-dealkylation sites (tertiary alicyclic amines) is 1. The van der Waals surface area contributed by atoms with E-state index in [0.29, 0.717) is 6.61 Å². The molecule has 0 radical (unpaired) electrons. The first-order valence-electron chi connectivity index (χ1n) is 7.80. The van der Waals surface area contributed by atoms with E-state index >= 15 is 0 Å². The van der Waals surface area contributed by atoms with E-state index in [4.69, 9.17) is 0 Å². The summed E-state index contributed by atoms with van der Waals surface area (Å²) in [6, 6.07) is 0. The molecule has 0 aromatic carbocycles. The van der Waals surface area contributed by atoms with Crippen LogP contribution in [0.4, 0.5) is 0 Å². The van der Waals surface area contributed by atoms with Crippen molar-refractivity contribution in [3.05, 3.63) is 0 Å². The largest absolute Gasteiger partial charge is 0.396 e. The van der Waals surface area contributed by atoms with E-state index in [2.05, 4.69) is 24.1 Å². The molecule has 1 rings (SSSR count). The maximum Gasteiger partial charge on any atom is 0.0499 e. The van der Waals surface area contributed by atoms with Crippen LogP contribution < -0.4 is 5.32 Å². The molecule has 0 unspecified atom stereocenters. The van der Waals surface area contributed by atoms with Crippen molar-refractivity contribution in [3.63, 3.8) is 0 Å². The van der Waals surface area contributed by atoms with Crippen molar-refractivity contribution in [1.82, 2.24) is 10.2 Å². The summed E-state index contributed by atoms with van der Waals surface area (Å²) in [6.45, 7) is 10.4. The van der Waals surface area contributed by atoms with Gasteiger partial charge < -0.3 is 15.3 Å². The van der Waals surface area contributed by atoms with Crippen molar-refractivity contribution < 1.29 is 5.11 Å². The summed E-state index contributed by atoms with van der Waals surface area (Å²) in [6.07, 6.45) is 7.65. The molecule has 1 fully saturated rings. The molecule has 0 aromatic rings. The van der Waals surface area contributed by atoms with Crippen LogP contribution in [-0.2, 0) is 0 Å². The zero-order chi connectivity index (χ0) is 13.3. The van der Waals surface area contributed by atoms with Crippen molar-refractivity contribution >= 4 is 0 Å². The topological polar surface area (TPSA) is 35.5 Å². The standard InChI is InChI=1S/C15H32N2O/c1-3-15(4-2,14-18)13-16-9-12-17-10-7-5-6-8-11-17/h16,18H,3-14H2,1-2H3. The summed E-state index contributed by atoms with van der Waals surface area (Å²) in [4.78, 5) is 2.58. The van der Waals surface area contributed by atoms with Crippen molar-refractivity contribution in [2.24, 2.45) is 5.41 Å². The third-order valence-corrected chi connectivity index (χ3v) is 4.64. The molecule has 0 aliphatic carbocycles. The molecule has 2 N–H and O–H groups in total. The number of hydrogen-bond donors (Lipinski definition) is 2. The van der Waals surface area contributed by atoms with Crippen molar-refractivity contribution in [3.8, 4) is 0 Å². The molecule has 1 aliphatic heterocycles. The fourth-order valence-corrected chi connectivity index (χ4v) is 2.73. The molecule has 0 bridgehead atoms. The zero-order valence-electron chi connectivity index (χ0n) is 12.4. The Hall–Kier alpha value is -0.120. The molecule has 18 heavy (non-hydrogen) atoms. The second-order valence-corrected chi connectivity index (χ2v) is 5.80. The molecular weight excluding hydrogens is 224 g/mol. The van der Waals surface area contributed by atoms with Crippen molar-refractivity contribution in [2.75, 3.05) is 39.3 Å². The first-order chi connectivity index (χ1) is 8.76. The van der Waals surface area contributed by atoms with Gasteiger partial charge in [0.25, 0.3) is 0 Å². The highest BCUT2D eigenvalue weighted by Gasteiger charge is 2.24. The monoisotopic (exact) mass is 256 g/mol. The van der Waals surface area contributed by atoms with Gasteiger partial charge in [0.2, 0.25) is 0 Å². The molecule has 1 heterocycles. The predicted octanol–water partition coefficient (Wildman–Crippen LogP) is 2.25. The van der Waals surface area contributed by atoms with Gasteiger partial charge in [-0.3, -0.25) is 0 Å². The van der Waals surface area contributed by atoms with Crippen LogP contribution in [0.2, 0.25) is 0 Å². The number of aliphatic hydroxyl groups excluding tert-OH is 1. The normalized spacial score (nSPS) is 18.8. The van der Waals surface area contributed by atoms with Crippen LogP contribution in [-0.4, -0.2) is 49.3 Å². The summed E-state index contributed by atoms with van der Waals surface area (Å²) < 4.78 is 0. The highest BCUT2D eigenvalue weighted by atomic mass is 16.3. The highest BCUT2D eigenvalue weighted by molar-refractivity contribution is 4.78. The molecule has 3 nitrogen and oxygen atoms in total. The molecule has 0 saturated carbocycles. The molecule has 0 aromatic heterocycles. The van der Waals surface area contributed by atoms with E-state index in [-0.39, 0.29) is 5.41 Å². The lowest BCUT2D eigenvalue weighted by Crippen LogP contribution is -2.40. The van der Waals surface area contributed by atoms with Gasteiger partial charge in [-0.15, -0.1) is 0 Å². The number of aliphatic hydroxyl groups is 1. The predicted molar refractivity (Wildman–Crippen MR) is 77.9 cm³/mol. The summed E-state index contributed by atoms with van der Waals surface area (Å²) in [7, 11) is 0. The SMILES string of the molecule is CCC(CC)(CO)CNCCN1CCCCCC1. The van der Waals surface area contributed by atoms with E-state index in [1.165, 1.54) is 38.8 Å². The van der Waals surface area contributed by atoms with Crippen LogP contribution in [0.25, 0.3) is 0 Å². The molecule has 108 valence electrons. The molecular formula is C15H32N2O. The van der Waals surface area contributed by atoms with Gasteiger partial charge in [-0.1, -0.05) is 26.7 Å². The van der Waals surface area contributed by atoms with Gasteiger partial charge in [0.1, 0.15) is 0 Å². The first-order valence-corrected chi connectivity index (χ1v) is 7.80. The fourth-order valence-electron chi connectivity index (χ4n) is 2.73. The van der Waals surface area contributed by atoms with Gasteiger partial charge in [0.05, 0.1) is 0 Å². The van der Waals surface area contributed by atoms with Gasteiger partial charge in [-0.25, -0.2) is 0 Å². The van der Waals surface area contributed by atoms with E-state index in [9.17, 15) is 5.11 Å². The van der Waals surface area contributed by atoms with Crippen LogP contribution in [0.3, 0.4) is 0 Å². The van der Waals surface area contributed by atoms with Gasteiger partial charge in [-0.05, 0) is 38.8 Å². The van der Waals surface area contributed by atoms with Crippen LogP contribution in [0, 0.1) is 5.41 Å². The average molecular weight is 256 g/mol. The van der Waals surface area contributed by atoms with Crippen molar-refractivity contribution in [1.29, 1.82) is 0 Å². The lowest BCUT2D eigenvalue weighted by Gasteiger charge is -2.30. The molecule has 3 heteroatoms. The Morgan fingerprint density at radius 1 is 1.06 bits per heavy atom. The summed E-state index contributed by atoms with van der Waals surface area (Å²) in [5.41, 5.74) is 0.0960. The van der Waals surface area contributed by atoms with E-state index in [1.54, 1.807) is 0 Å². The lowest BCUT2D eigenvalue weighted by atomic mass is 9.83. The van der Waals surface area contributed by atoms with Gasteiger partial charge in [0.15, 0.2) is 0 Å². The number of nitrogens with one attached hydrogen (secondary N) is 1. The Morgan fingerprint density at radius 2 is 1.67 bits per heavy atom. The molecule has 0 spiro atoms. The minimum absolute atomic E-state index is 0.0960. The number of rotatable bonds is 8. The summed E-state index contributed by atoms with van der Waals surface area (Å²) >= 11 is 0. The van der Waals surface area contributed by atoms with Crippen LogP contribution in [0.5, 0.6) is 0 Å².